The predicted octanol–water partition coefficient (Wildman–Crippen LogP) is 2.96. The van der Waals surface area contributed by atoms with Crippen LogP contribution < -0.4 is 5.32 Å². The lowest BCUT2D eigenvalue weighted by molar-refractivity contribution is 0.0693. The number of fused-ring (bicyclic) bond motifs is 2. The van der Waals surface area contributed by atoms with Crippen molar-refractivity contribution in [2.75, 3.05) is 7.05 Å². The van der Waals surface area contributed by atoms with E-state index in [1.54, 1.807) is 12.1 Å². The number of amides is 3. The van der Waals surface area contributed by atoms with Crippen LogP contribution in [0.25, 0.3) is 0 Å². The Hall–Kier alpha value is -3.74. The first-order chi connectivity index (χ1) is 15.0. The zero-order chi connectivity index (χ0) is 21.5. The maximum Gasteiger partial charge on any atom is 0.261 e. The average Bonchev–Trinajstić information content (AvgIpc) is 3.30. The van der Waals surface area contributed by atoms with Gasteiger partial charge in [-0.05, 0) is 43.0 Å². The molecule has 31 heavy (non-hydrogen) atoms. The van der Waals surface area contributed by atoms with Gasteiger partial charge in [-0.25, -0.2) is 0 Å². The highest BCUT2D eigenvalue weighted by Crippen LogP contribution is 2.30. The van der Waals surface area contributed by atoms with Crippen LogP contribution >= 0.6 is 0 Å². The van der Waals surface area contributed by atoms with Crippen LogP contribution in [0, 0.1) is 0 Å². The molecule has 1 atom stereocenters. The summed E-state index contributed by atoms with van der Waals surface area (Å²) in [7, 11) is 1.45. The summed E-state index contributed by atoms with van der Waals surface area (Å²) in [6.07, 6.45) is 4.57. The normalized spacial score (nSPS) is 17.5. The number of hydrogen-bond donors (Lipinski definition) is 1. The minimum atomic E-state index is -0.378. The van der Waals surface area contributed by atoms with Crippen LogP contribution in [0.2, 0.25) is 0 Å². The smallest absolute Gasteiger partial charge is 0.261 e. The van der Waals surface area contributed by atoms with Crippen LogP contribution in [0.4, 0.5) is 0 Å². The van der Waals surface area contributed by atoms with Gasteiger partial charge in [0.05, 0.1) is 29.9 Å². The molecule has 1 aliphatic carbocycles. The van der Waals surface area contributed by atoms with Gasteiger partial charge in [0.1, 0.15) is 0 Å². The number of rotatable bonds is 4. The summed E-state index contributed by atoms with van der Waals surface area (Å²) in [5.74, 6) is -0.974. The first kappa shape index (κ1) is 19.2. The number of benzene rings is 2. The van der Waals surface area contributed by atoms with Gasteiger partial charge >= 0.3 is 0 Å². The van der Waals surface area contributed by atoms with E-state index in [2.05, 4.69) is 22.5 Å². The lowest BCUT2D eigenvalue weighted by Crippen LogP contribution is -2.31. The van der Waals surface area contributed by atoms with Crippen LogP contribution in [-0.2, 0) is 13.0 Å². The number of nitrogens with zero attached hydrogens (tertiary/aromatic N) is 3. The Labute approximate surface area is 179 Å². The third-order valence-corrected chi connectivity index (χ3v) is 6.10. The second-order valence-corrected chi connectivity index (χ2v) is 8.04. The maximum absolute atomic E-state index is 12.9. The third kappa shape index (κ3) is 3.32. The molecule has 0 spiro atoms. The van der Waals surface area contributed by atoms with Crippen LogP contribution in [0.15, 0.2) is 54.7 Å². The van der Waals surface area contributed by atoms with Crippen molar-refractivity contribution in [3.63, 3.8) is 0 Å². The molecule has 2 aromatic carbocycles. The number of nitrogens with one attached hydrogen (secondary N) is 1. The molecule has 2 heterocycles. The summed E-state index contributed by atoms with van der Waals surface area (Å²) in [4.78, 5) is 38.3. The summed E-state index contributed by atoms with van der Waals surface area (Å²) < 4.78 is 2.01. The molecule has 7 heteroatoms. The molecule has 2 aliphatic rings. The van der Waals surface area contributed by atoms with E-state index in [-0.39, 0.29) is 29.3 Å². The van der Waals surface area contributed by atoms with Gasteiger partial charge in [0.15, 0.2) is 0 Å². The van der Waals surface area contributed by atoms with Crippen molar-refractivity contribution in [2.45, 2.75) is 31.8 Å². The molecule has 7 nitrogen and oxygen atoms in total. The fourth-order valence-corrected chi connectivity index (χ4v) is 4.41. The zero-order valence-corrected chi connectivity index (χ0v) is 17.2. The molecule has 1 aromatic heterocycles. The Morgan fingerprint density at radius 3 is 2.68 bits per heavy atom. The van der Waals surface area contributed by atoms with Gasteiger partial charge in [-0.15, -0.1) is 0 Å². The van der Waals surface area contributed by atoms with Crippen molar-refractivity contribution in [2.24, 2.45) is 0 Å². The Balaban J connectivity index is 1.36. The molecule has 156 valence electrons. The minimum absolute atomic E-state index is 0.131. The molecule has 3 aromatic rings. The van der Waals surface area contributed by atoms with Crippen molar-refractivity contribution >= 4 is 17.7 Å². The summed E-state index contributed by atoms with van der Waals surface area (Å²) in [5.41, 5.74) is 4.37. The standard InChI is InChI=1S/C24H22N4O3/c1-27-23(30)17-11-10-16(12-18(17)24(27)31)22(29)26-20-8-5-9-21-19(20)13-25-28(21)14-15-6-3-2-4-7-15/h2-4,6-7,10-13,20H,5,8-9,14H2,1H3,(H,26,29)/t20-/m1/s1. The molecule has 5 rings (SSSR count). The number of imide groups is 1. The molecular formula is C24H22N4O3. The van der Waals surface area contributed by atoms with E-state index >= 15 is 0 Å². The van der Waals surface area contributed by atoms with E-state index in [1.807, 2.05) is 29.1 Å². The Morgan fingerprint density at radius 2 is 1.87 bits per heavy atom. The van der Waals surface area contributed by atoms with Crippen molar-refractivity contribution in [1.29, 1.82) is 0 Å². The first-order valence-corrected chi connectivity index (χ1v) is 10.4. The summed E-state index contributed by atoms with van der Waals surface area (Å²) >= 11 is 0. The largest absolute Gasteiger partial charge is 0.345 e. The Bertz CT molecular complexity index is 1200. The van der Waals surface area contributed by atoms with Gasteiger partial charge in [0.2, 0.25) is 0 Å². The average molecular weight is 414 g/mol. The van der Waals surface area contributed by atoms with E-state index in [4.69, 9.17) is 0 Å². The molecule has 0 unspecified atom stereocenters. The van der Waals surface area contributed by atoms with Crippen LogP contribution in [0.5, 0.6) is 0 Å². The number of carbonyl (C=O) groups excluding carboxylic acids is 3. The lowest BCUT2D eigenvalue weighted by Gasteiger charge is -2.24. The molecule has 0 saturated heterocycles. The molecular weight excluding hydrogens is 392 g/mol. The highest BCUT2D eigenvalue weighted by atomic mass is 16.2. The SMILES string of the molecule is CN1C(=O)c2ccc(C(=O)N[C@@H]3CCCc4c3cnn4Cc3ccccc3)cc2C1=O. The van der Waals surface area contributed by atoms with Crippen molar-refractivity contribution in [3.05, 3.63) is 88.2 Å². The quantitative estimate of drug-likeness (QED) is 0.666. The fraction of sp³-hybridized carbons (Fsp3) is 0.250. The van der Waals surface area contributed by atoms with Crippen molar-refractivity contribution in [3.8, 4) is 0 Å². The minimum Gasteiger partial charge on any atom is -0.345 e. The number of carbonyl (C=O) groups is 3. The van der Waals surface area contributed by atoms with E-state index in [0.717, 1.165) is 35.4 Å². The van der Waals surface area contributed by atoms with E-state index < -0.39 is 0 Å². The van der Waals surface area contributed by atoms with Crippen LogP contribution in [-0.4, -0.2) is 39.4 Å². The molecule has 1 N–H and O–H groups in total. The summed E-state index contributed by atoms with van der Waals surface area (Å²) in [5, 5.41) is 7.67. The molecule has 0 saturated carbocycles. The van der Waals surface area contributed by atoms with E-state index in [9.17, 15) is 14.4 Å². The maximum atomic E-state index is 12.9. The first-order valence-electron chi connectivity index (χ1n) is 10.4. The second-order valence-electron chi connectivity index (χ2n) is 8.04. The van der Waals surface area contributed by atoms with Gasteiger partial charge in [-0.3, -0.25) is 24.0 Å². The Kier molecular flexibility index (Phi) is 4.66. The third-order valence-electron chi connectivity index (χ3n) is 6.10. The van der Waals surface area contributed by atoms with Crippen molar-refractivity contribution in [1.82, 2.24) is 20.0 Å². The van der Waals surface area contributed by atoms with E-state index in [1.165, 1.54) is 18.7 Å². The lowest BCUT2D eigenvalue weighted by atomic mass is 9.92. The molecule has 0 bridgehead atoms. The Morgan fingerprint density at radius 1 is 1.10 bits per heavy atom. The highest BCUT2D eigenvalue weighted by molar-refractivity contribution is 6.21. The molecule has 0 fully saturated rings. The fourth-order valence-electron chi connectivity index (χ4n) is 4.41. The molecule has 0 radical (unpaired) electrons. The van der Waals surface area contributed by atoms with Gasteiger partial charge in [0.25, 0.3) is 17.7 Å². The number of hydrogen-bond acceptors (Lipinski definition) is 4. The summed E-state index contributed by atoms with van der Waals surface area (Å²) in [6.45, 7) is 0.700. The van der Waals surface area contributed by atoms with Gasteiger partial charge in [-0.1, -0.05) is 30.3 Å². The molecule has 1 aliphatic heterocycles. The monoisotopic (exact) mass is 414 g/mol. The van der Waals surface area contributed by atoms with Gasteiger partial charge in [-0.2, -0.15) is 5.10 Å². The predicted molar refractivity (Wildman–Crippen MR) is 114 cm³/mol. The van der Waals surface area contributed by atoms with Crippen LogP contribution in [0.1, 0.15) is 66.8 Å². The van der Waals surface area contributed by atoms with Crippen LogP contribution in [0.3, 0.4) is 0 Å². The topological polar surface area (TPSA) is 84.3 Å². The van der Waals surface area contributed by atoms with Crippen molar-refractivity contribution < 1.29 is 14.4 Å². The second kappa shape index (κ2) is 7.50. The van der Waals surface area contributed by atoms with E-state index in [0.29, 0.717) is 17.7 Å². The van der Waals surface area contributed by atoms with Gasteiger partial charge in [0, 0.05) is 23.9 Å². The number of aromatic nitrogens is 2. The van der Waals surface area contributed by atoms with Gasteiger partial charge < -0.3 is 5.32 Å². The highest BCUT2D eigenvalue weighted by Gasteiger charge is 2.33. The zero-order valence-electron chi connectivity index (χ0n) is 17.2. The summed E-state index contributed by atoms with van der Waals surface area (Å²) in [6, 6.07) is 14.7. The molecule has 3 amide bonds.